The third-order valence-electron chi connectivity index (χ3n) is 4.09. The zero-order valence-electron chi connectivity index (χ0n) is 15.6. The van der Waals surface area contributed by atoms with Gasteiger partial charge in [0.25, 0.3) is 5.91 Å². The average molecular weight is 376 g/mol. The van der Waals surface area contributed by atoms with Gasteiger partial charge < -0.3 is 15.4 Å². The predicted molar refractivity (Wildman–Crippen MR) is 107 cm³/mol. The Bertz CT molecular complexity index is 987. The van der Waals surface area contributed by atoms with Crippen molar-refractivity contribution in [2.45, 2.75) is 13.3 Å². The highest BCUT2D eigenvalue weighted by atomic mass is 16.5. The van der Waals surface area contributed by atoms with Gasteiger partial charge in [0.15, 0.2) is 0 Å². The van der Waals surface area contributed by atoms with Crippen LogP contribution in [-0.2, 0) is 11.2 Å². The van der Waals surface area contributed by atoms with Gasteiger partial charge in [0, 0.05) is 11.4 Å². The van der Waals surface area contributed by atoms with Crippen LogP contribution in [0.1, 0.15) is 33.3 Å². The van der Waals surface area contributed by atoms with Crippen LogP contribution in [0.4, 0.5) is 17.2 Å². The van der Waals surface area contributed by atoms with Crippen LogP contribution in [0.15, 0.2) is 60.9 Å². The average Bonchev–Trinajstić information content (AvgIpc) is 2.74. The standard InChI is InChI=1S/C21H20N4O3/c1-3-14-7-4-5-10-17(14)25-20(26)18-12-23-19(13-22-18)24-16-9-6-8-15(11-16)21(27)28-2/h4-13H,3H2,1-2H3,(H,23,24)(H,25,26). The fourth-order valence-corrected chi connectivity index (χ4v) is 2.64. The first-order chi connectivity index (χ1) is 13.6. The third kappa shape index (κ3) is 4.50. The molecule has 2 aromatic carbocycles. The number of carbonyl (C=O) groups is 2. The van der Waals surface area contributed by atoms with Gasteiger partial charge in [-0.05, 0) is 36.2 Å². The number of ether oxygens (including phenoxy) is 1. The Kier molecular flexibility index (Phi) is 5.96. The fraction of sp³-hybridized carbons (Fsp3) is 0.143. The molecule has 0 saturated carbocycles. The van der Waals surface area contributed by atoms with E-state index in [4.69, 9.17) is 4.74 Å². The molecule has 0 atom stereocenters. The molecule has 7 nitrogen and oxygen atoms in total. The Morgan fingerprint density at radius 3 is 2.57 bits per heavy atom. The monoisotopic (exact) mass is 376 g/mol. The minimum absolute atomic E-state index is 0.208. The van der Waals surface area contributed by atoms with E-state index in [1.165, 1.54) is 19.5 Å². The van der Waals surface area contributed by atoms with Gasteiger partial charge in [-0.2, -0.15) is 0 Å². The number of rotatable bonds is 6. The van der Waals surface area contributed by atoms with E-state index in [2.05, 4.69) is 20.6 Å². The summed E-state index contributed by atoms with van der Waals surface area (Å²) in [5, 5.41) is 5.90. The van der Waals surface area contributed by atoms with Gasteiger partial charge in [0.2, 0.25) is 0 Å². The minimum Gasteiger partial charge on any atom is -0.465 e. The van der Waals surface area contributed by atoms with Crippen molar-refractivity contribution in [3.8, 4) is 0 Å². The Morgan fingerprint density at radius 2 is 1.86 bits per heavy atom. The number of esters is 1. The van der Waals surface area contributed by atoms with Gasteiger partial charge in [-0.15, -0.1) is 0 Å². The first-order valence-corrected chi connectivity index (χ1v) is 8.77. The van der Waals surface area contributed by atoms with Gasteiger partial charge in [-0.1, -0.05) is 31.2 Å². The van der Waals surface area contributed by atoms with Crippen LogP contribution in [0.3, 0.4) is 0 Å². The number of aromatic nitrogens is 2. The van der Waals surface area contributed by atoms with Gasteiger partial charge in [-0.3, -0.25) is 4.79 Å². The zero-order chi connectivity index (χ0) is 19.9. The number of methoxy groups -OCH3 is 1. The Hall–Kier alpha value is -3.74. The van der Waals surface area contributed by atoms with E-state index in [1.807, 2.05) is 31.2 Å². The summed E-state index contributed by atoms with van der Waals surface area (Å²) < 4.78 is 4.71. The van der Waals surface area contributed by atoms with Gasteiger partial charge >= 0.3 is 5.97 Å². The van der Waals surface area contributed by atoms with E-state index < -0.39 is 5.97 Å². The normalized spacial score (nSPS) is 10.2. The number of anilines is 3. The van der Waals surface area contributed by atoms with Crippen molar-refractivity contribution >= 4 is 29.1 Å². The zero-order valence-corrected chi connectivity index (χ0v) is 15.6. The number of hydrogen-bond donors (Lipinski definition) is 2. The number of benzene rings is 2. The number of hydrogen-bond acceptors (Lipinski definition) is 6. The summed E-state index contributed by atoms with van der Waals surface area (Å²) in [6.45, 7) is 2.03. The summed E-state index contributed by atoms with van der Waals surface area (Å²) in [6.07, 6.45) is 3.68. The molecular weight excluding hydrogens is 356 g/mol. The molecule has 28 heavy (non-hydrogen) atoms. The maximum Gasteiger partial charge on any atom is 0.337 e. The molecule has 1 aromatic heterocycles. The maximum absolute atomic E-state index is 12.4. The first kappa shape index (κ1) is 19.0. The number of para-hydroxylation sites is 1. The van der Waals surface area contributed by atoms with Crippen molar-refractivity contribution in [3.05, 3.63) is 77.7 Å². The lowest BCUT2D eigenvalue weighted by atomic mass is 10.1. The fourth-order valence-electron chi connectivity index (χ4n) is 2.64. The Balaban J connectivity index is 1.70. The number of nitrogens with one attached hydrogen (secondary N) is 2. The second kappa shape index (κ2) is 8.77. The molecule has 0 bridgehead atoms. The van der Waals surface area contributed by atoms with Crippen molar-refractivity contribution in [2.75, 3.05) is 17.7 Å². The molecule has 0 spiro atoms. The maximum atomic E-state index is 12.4. The molecule has 0 radical (unpaired) electrons. The van der Waals surface area contributed by atoms with Crippen molar-refractivity contribution in [1.82, 2.24) is 9.97 Å². The third-order valence-corrected chi connectivity index (χ3v) is 4.09. The molecule has 0 aliphatic heterocycles. The van der Waals surface area contributed by atoms with Gasteiger partial charge in [0.1, 0.15) is 11.5 Å². The molecule has 3 aromatic rings. The first-order valence-electron chi connectivity index (χ1n) is 8.77. The van der Waals surface area contributed by atoms with Crippen molar-refractivity contribution in [2.24, 2.45) is 0 Å². The van der Waals surface area contributed by atoms with Crippen LogP contribution >= 0.6 is 0 Å². The van der Waals surface area contributed by atoms with E-state index in [-0.39, 0.29) is 11.6 Å². The Labute approximate surface area is 162 Å². The van der Waals surface area contributed by atoms with E-state index in [0.717, 1.165) is 17.7 Å². The van der Waals surface area contributed by atoms with Crippen LogP contribution in [-0.4, -0.2) is 29.0 Å². The number of amides is 1. The Morgan fingerprint density at radius 1 is 1.04 bits per heavy atom. The molecule has 0 saturated heterocycles. The molecule has 1 amide bonds. The van der Waals surface area contributed by atoms with Crippen molar-refractivity contribution in [1.29, 1.82) is 0 Å². The van der Waals surface area contributed by atoms with Crippen molar-refractivity contribution < 1.29 is 14.3 Å². The van der Waals surface area contributed by atoms with Crippen LogP contribution in [0.5, 0.6) is 0 Å². The van der Waals surface area contributed by atoms with Crippen molar-refractivity contribution in [3.63, 3.8) is 0 Å². The van der Waals surface area contributed by atoms with Crippen LogP contribution in [0.25, 0.3) is 0 Å². The molecule has 0 aliphatic rings. The summed E-state index contributed by atoms with van der Waals surface area (Å²) in [5.41, 5.74) is 3.10. The van der Waals surface area contributed by atoms with E-state index in [0.29, 0.717) is 17.1 Å². The van der Waals surface area contributed by atoms with E-state index >= 15 is 0 Å². The molecule has 0 fully saturated rings. The summed E-state index contributed by atoms with van der Waals surface area (Å²) in [6, 6.07) is 14.5. The lowest BCUT2D eigenvalue weighted by Gasteiger charge is -2.10. The summed E-state index contributed by atoms with van der Waals surface area (Å²) in [7, 11) is 1.33. The quantitative estimate of drug-likeness (QED) is 0.635. The molecule has 1 heterocycles. The largest absolute Gasteiger partial charge is 0.465 e. The van der Waals surface area contributed by atoms with Gasteiger partial charge in [-0.25, -0.2) is 14.8 Å². The van der Waals surface area contributed by atoms with Gasteiger partial charge in [0.05, 0.1) is 25.1 Å². The highest BCUT2D eigenvalue weighted by molar-refractivity contribution is 6.03. The smallest absolute Gasteiger partial charge is 0.337 e. The molecule has 0 aliphatic carbocycles. The van der Waals surface area contributed by atoms with Crippen LogP contribution in [0.2, 0.25) is 0 Å². The van der Waals surface area contributed by atoms with E-state index in [9.17, 15) is 9.59 Å². The number of aryl methyl sites for hydroxylation is 1. The van der Waals surface area contributed by atoms with E-state index in [1.54, 1.807) is 24.3 Å². The molecule has 2 N–H and O–H groups in total. The number of carbonyl (C=O) groups excluding carboxylic acids is 2. The predicted octanol–water partition coefficient (Wildman–Crippen LogP) is 3.82. The number of nitrogens with zero attached hydrogens (tertiary/aromatic N) is 2. The lowest BCUT2D eigenvalue weighted by molar-refractivity contribution is 0.0600. The second-order valence-corrected chi connectivity index (χ2v) is 5.95. The highest BCUT2D eigenvalue weighted by Gasteiger charge is 2.11. The highest BCUT2D eigenvalue weighted by Crippen LogP contribution is 2.18. The second-order valence-electron chi connectivity index (χ2n) is 5.95. The lowest BCUT2D eigenvalue weighted by Crippen LogP contribution is -2.15. The minimum atomic E-state index is -0.422. The molecular formula is C21H20N4O3. The summed E-state index contributed by atoms with van der Waals surface area (Å²) >= 11 is 0. The SMILES string of the molecule is CCc1ccccc1NC(=O)c1cnc(Nc2cccc(C(=O)OC)c2)cn1. The molecule has 3 rings (SSSR count). The molecule has 7 heteroatoms. The molecule has 0 unspecified atom stereocenters. The summed E-state index contributed by atoms with van der Waals surface area (Å²) in [5.74, 6) is -0.297. The van der Waals surface area contributed by atoms with Crippen LogP contribution in [0, 0.1) is 0 Å². The summed E-state index contributed by atoms with van der Waals surface area (Å²) in [4.78, 5) is 32.4. The van der Waals surface area contributed by atoms with Crippen LogP contribution < -0.4 is 10.6 Å². The molecule has 142 valence electrons. The topological polar surface area (TPSA) is 93.2 Å².